The van der Waals surface area contributed by atoms with Crippen molar-refractivity contribution in [2.24, 2.45) is 10.7 Å². The standard InChI is InChI=1S/C19H22N2O2S.ClH/c1-4-23-19(22)17(12-16-6-5-11-24-16)14-7-9-15(10-8-14)18(20)21-13(2)3;/h5-13H,4H2,1-3H3,(H2,20,21);1H/b17-12+;. The Bertz CT molecular complexity index is 735. The first-order chi connectivity index (χ1) is 11.5. The van der Waals surface area contributed by atoms with Gasteiger partial charge in [0, 0.05) is 16.5 Å². The number of nitrogens with zero attached hydrogens (tertiary/aromatic N) is 1. The molecule has 0 fully saturated rings. The lowest BCUT2D eigenvalue weighted by atomic mass is 10.0. The molecule has 134 valence electrons. The summed E-state index contributed by atoms with van der Waals surface area (Å²) in [6.07, 6.45) is 1.85. The molecular weight excluding hydrogens is 356 g/mol. The van der Waals surface area contributed by atoms with Crippen LogP contribution in [0.2, 0.25) is 0 Å². The molecule has 0 atom stereocenters. The van der Waals surface area contributed by atoms with E-state index in [1.807, 2.05) is 61.7 Å². The number of halogens is 1. The van der Waals surface area contributed by atoms with Gasteiger partial charge in [-0.2, -0.15) is 0 Å². The maximum Gasteiger partial charge on any atom is 0.338 e. The van der Waals surface area contributed by atoms with E-state index in [0.29, 0.717) is 18.0 Å². The van der Waals surface area contributed by atoms with Gasteiger partial charge in [0.1, 0.15) is 5.84 Å². The number of aliphatic imine (C=N–C) groups is 1. The van der Waals surface area contributed by atoms with Gasteiger partial charge in [-0.1, -0.05) is 30.3 Å². The molecule has 2 rings (SSSR count). The van der Waals surface area contributed by atoms with Gasteiger partial charge < -0.3 is 10.5 Å². The second-order valence-corrected chi connectivity index (χ2v) is 6.46. The summed E-state index contributed by atoms with van der Waals surface area (Å²) in [5.74, 6) is 0.166. The highest BCUT2D eigenvalue weighted by Gasteiger charge is 2.14. The van der Waals surface area contributed by atoms with Crippen molar-refractivity contribution in [1.82, 2.24) is 0 Å². The van der Waals surface area contributed by atoms with Crippen LogP contribution >= 0.6 is 23.7 Å². The SMILES string of the molecule is CCOC(=O)/C(=C/c1cccs1)c1ccc(C(N)=NC(C)C)cc1.Cl. The van der Waals surface area contributed by atoms with Crippen molar-refractivity contribution in [1.29, 1.82) is 0 Å². The Kier molecular flexibility index (Phi) is 8.38. The van der Waals surface area contributed by atoms with Gasteiger partial charge in [0.2, 0.25) is 0 Å². The van der Waals surface area contributed by atoms with Gasteiger partial charge in [0.15, 0.2) is 0 Å². The van der Waals surface area contributed by atoms with Gasteiger partial charge in [0.25, 0.3) is 0 Å². The van der Waals surface area contributed by atoms with Gasteiger partial charge in [0.05, 0.1) is 12.2 Å². The van der Waals surface area contributed by atoms with E-state index in [-0.39, 0.29) is 24.4 Å². The van der Waals surface area contributed by atoms with Crippen LogP contribution in [0.3, 0.4) is 0 Å². The Balaban J connectivity index is 0.00000312. The lowest BCUT2D eigenvalue weighted by Crippen LogP contribution is -2.15. The van der Waals surface area contributed by atoms with Crippen LogP contribution in [0.25, 0.3) is 11.6 Å². The van der Waals surface area contributed by atoms with Crippen molar-refractivity contribution < 1.29 is 9.53 Å². The number of ether oxygens (including phenoxy) is 1. The molecule has 0 aliphatic heterocycles. The Hall–Kier alpha value is -2.11. The Morgan fingerprint density at radius 2 is 1.88 bits per heavy atom. The van der Waals surface area contributed by atoms with E-state index in [2.05, 4.69) is 4.99 Å². The normalized spacial score (nSPS) is 12.0. The number of esters is 1. The van der Waals surface area contributed by atoms with Crippen LogP contribution in [0.1, 0.15) is 36.8 Å². The molecule has 4 nitrogen and oxygen atoms in total. The minimum Gasteiger partial charge on any atom is -0.462 e. The van der Waals surface area contributed by atoms with E-state index in [1.54, 1.807) is 18.3 Å². The first kappa shape index (κ1) is 20.9. The Labute approximate surface area is 158 Å². The Morgan fingerprint density at radius 1 is 1.24 bits per heavy atom. The van der Waals surface area contributed by atoms with Crippen molar-refractivity contribution in [2.45, 2.75) is 26.8 Å². The monoisotopic (exact) mass is 378 g/mol. The molecule has 0 radical (unpaired) electrons. The molecule has 25 heavy (non-hydrogen) atoms. The van der Waals surface area contributed by atoms with Crippen LogP contribution in [-0.2, 0) is 9.53 Å². The first-order valence-corrected chi connectivity index (χ1v) is 8.75. The number of nitrogens with two attached hydrogens (primary N) is 1. The zero-order chi connectivity index (χ0) is 17.5. The largest absolute Gasteiger partial charge is 0.462 e. The van der Waals surface area contributed by atoms with Crippen LogP contribution < -0.4 is 5.73 Å². The lowest BCUT2D eigenvalue weighted by Gasteiger charge is -2.09. The minimum absolute atomic E-state index is 0. The third-order valence-electron chi connectivity index (χ3n) is 3.21. The maximum atomic E-state index is 12.3. The smallest absolute Gasteiger partial charge is 0.338 e. The van der Waals surface area contributed by atoms with Crippen molar-refractivity contribution in [3.05, 3.63) is 57.8 Å². The third kappa shape index (κ3) is 6.03. The molecule has 6 heteroatoms. The highest BCUT2D eigenvalue weighted by molar-refractivity contribution is 7.11. The zero-order valence-electron chi connectivity index (χ0n) is 14.6. The molecule has 1 aromatic heterocycles. The van der Waals surface area contributed by atoms with Gasteiger partial charge in [-0.25, -0.2) is 4.79 Å². The van der Waals surface area contributed by atoms with Gasteiger partial charge in [-0.15, -0.1) is 23.7 Å². The number of carbonyl (C=O) groups excluding carboxylic acids is 1. The molecule has 0 saturated carbocycles. The second-order valence-electron chi connectivity index (χ2n) is 5.48. The fourth-order valence-electron chi connectivity index (χ4n) is 2.16. The molecule has 0 amide bonds. The number of hydrogen-bond acceptors (Lipinski definition) is 4. The number of benzene rings is 1. The number of hydrogen-bond donors (Lipinski definition) is 1. The van der Waals surface area contributed by atoms with Crippen LogP contribution in [0.5, 0.6) is 0 Å². The van der Waals surface area contributed by atoms with Gasteiger partial charge >= 0.3 is 5.97 Å². The van der Waals surface area contributed by atoms with Crippen LogP contribution in [-0.4, -0.2) is 24.5 Å². The summed E-state index contributed by atoms with van der Waals surface area (Å²) in [6.45, 7) is 6.09. The fourth-order valence-corrected chi connectivity index (χ4v) is 2.82. The highest BCUT2D eigenvalue weighted by Crippen LogP contribution is 2.23. The van der Waals surface area contributed by atoms with Gasteiger partial charge in [-0.3, -0.25) is 4.99 Å². The summed E-state index contributed by atoms with van der Waals surface area (Å²) in [4.78, 5) is 17.6. The average molecular weight is 379 g/mol. The van der Waals surface area contributed by atoms with Crippen molar-refractivity contribution in [3.8, 4) is 0 Å². The number of amidine groups is 1. The predicted octanol–water partition coefficient (Wildman–Crippen LogP) is 4.39. The third-order valence-corrected chi connectivity index (χ3v) is 4.03. The number of thiophene rings is 1. The molecule has 0 saturated heterocycles. The van der Waals surface area contributed by atoms with Crippen molar-refractivity contribution in [3.63, 3.8) is 0 Å². The number of rotatable bonds is 6. The van der Waals surface area contributed by atoms with Crippen LogP contribution in [0.4, 0.5) is 0 Å². The molecular formula is C19H23ClN2O2S. The van der Waals surface area contributed by atoms with Crippen molar-refractivity contribution >= 4 is 47.2 Å². The van der Waals surface area contributed by atoms with Gasteiger partial charge in [-0.05, 0) is 43.9 Å². The molecule has 1 aromatic carbocycles. The topological polar surface area (TPSA) is 64.7 Å². The molecule has 0 aliphatic rings. The average Bonchev–Trinajstić information content (AvgIpc) is 3.05. The predicted molar refractivity (Wildman–Crippen MR) is 108 cm³/mol. The molecule has 0 spiro atoms. The summed E-state index contributed by atoms with van der Waals surface area (Å²) in [6, 6.07) is 11.5. The molecule has 0 aliphatic carbocycles. The fraction of sp³-hybridized carbons (Fsp3) is 0.263. The minimum atomic E-state index is -0.331. The van der Waals surface area contributed by atoms with E-state index in [4.69, 9.17) is 10.5 Å². The lowest BCUT2D eigenvalue weighted by molar-refractivity contribution is -0.136. The summed E-state index contributed by atoms with van der Waals surface area (Å²) in [7, 11) is 0. The molecule has 1 heterocycles. The highest BCUT2D eigenvalue weighted by atomic mass is 35.5. The number of carbonyl (C=O) groups is 1. The first-order valence-electron chi connectivity index (χ1n) is 7.87. The van der Waals surface area contributed by atoms with Crippen molar-refractivity contribution in [2.75, 3.05) is 6.61 Å². The van der Waals surface area contributed by atoms with E-state index >= 15 is 0 Å². The second kappa shape index (κ2) is 10.0. The molecule has 0 bridgehead atoms. The zero-order valence-corrected chi connectivity index (χ0v) is 16.2. The van der Waals surface area contributed by atoms with E-state index in [1.165, 1.54) is 0 Å². The van der Waals surface area contributed by atoms with E-state index in [0.717, 1.165) is 16.0 Å². The summed E-state index contributed by atoms with van der Waals surface area (Å²) in [5.41, 5.74) is 8.15. The molecule has 2 aromatic rings. The van der Waals surface area contributed by atoms with Crippen LogP contribution in [0.15, 0.2) is 46.8 Å². The summed E-state index contributed by atoms with van der Waals surface area (Å²) < 4.78 is 5.19. The van der Waals surface area contributed by atoms with E-state index in [9.17, 15) is 4.79 Å². The maximum absolute atomic E-state index is 12.3. The van der Waals surface area contributed by atoms with E-state index < -0.39 is 0 Å². The van der Waals surface area contributed by atoms with Crippen LogP contribution in [0, 0.1) is 0 Å². The summed E-state index contributed by atoms with van der Waals surface area (Å²) in [5, 5.41) is 1.97. The molecule has 2 N–H and O–H groups in total. The quantitative estimate of drug-likeness (QED) is 0.351. The Morgan fingerprint density at radius 3 is 2.40 bits per heavy atom. The molecule has 0 unspecified atom stereocenters. The summed E-state index contributed by atoms with van der Waals surface area (Å²) >= 11 is 1.57.